The monoisotopic (exact) mass is 285 g/mol. The van der Waals surface area contributed by atoms with Crippen LogP contribution in [0.3, 0.4) is 0 Å². The molecule has 15 heavy (non-hydrogen) atoms. The Kier molecular flexibility index (Phi) is 4.12. The first kappa shape index (κ1) is 11.5. The average Bonchev–Trinajstić information content (AvgIpc) is 2.70. The van der Waals surface area contributed by atoms with Crippen molar-refractivity contribution < 1.29 is 0 Å². The van der Waals surface area contributed by atoms with Gasteiger partial charge in [0.15, 0.2) is 0 Å². The lowest BCUT2D eigenvalue weighted by Gasteiger charge is -2.23. The minimum atomic E-state index is 0.772. The maximum Gasteiger partial charge on any atom is 0.0234 e. The van der Waals surface area contributed by atoms with E-state index in [-0.39, 0.29) is 0 Å². The van der Waals surface area contributed by atoms with Crippen LogP contribution in [0.4, 0.5) is 0 Å². The summed E-state index contributed by atoms with van der Waals surface area (Å²) in [4.78, 5) is 2.47. The summed E-state index contributed by atoms with van der Waals surface area (Å²) >= 11 is 5.59. The molecule has 1 aliphatic heterocycles. The van der Waals surface area contributed by atoms with E-state index in [9.17, 15) is 0 Å². The summed E-state index contributed by atoms with van der Waals surface area (Å²) in [6.07, 6.45) is 1.34. The van der Waals surface area contributed by atoms with E-state index < -0.39 is 0 Å². The van der Waals surface area contributed by atoms with Gasteiger partial charge in [0.25, 0.3) is 0 Å². The van der Waals surface area contributed by atoms with E-state index in [0.29, 0.717) is 0 Å². The van der Waals surface area contributed by atoms with E-state index in [4.69, 9.17) is 0 Å². The number of hydrogen-bond acceptors (Lipinski definition) is 2. The normalized spacial score (nSPS) is 21.1. The van der Waals surface area contributed by atoms with Crippen LogP contribution in [0, 0.1) is 0 Å². The lowest BCUT2D eigenvalue weighted by Crippen LogP contribution is -2.30. The first-order valence-corrected chi connectivity index (χ1v) is 7.23. The number of thioether (sulfide) groups is 1. The van der Waals surface area contributed by atoms with Crippen LogP contribution in [0.5, 0.6) is 0 Å². The Bertz CT molecular complexity index is 323. The zero-order chi connectivity index (χ0) is 10.7. The van der Waals surface area contributed by atoms with E-state index in [1.54, 1.807) is 0 Å². The van der Waals surface area contributed by atoms with Crippen molar-refractivity contribution in [3.05, 3.63) is 34.3 Å². The molecule has 1 nitrogen and oxygen atoms in total. The molecule has 0 aliphatic carbocycles. The fourth-order valence-electron chi connectivity index (χ4n) is 1.92. The minimum Gasteiger partial charge on any atom is -0.298 e. The van der Waals surface area contributed by atoms with Crippen molar-refractivity contribution in [1.82, 2.24) is 4.90 Å². The Morgan fingerprint density at radius 3 is 3.07 bits per heavy atom. The van der Waals surface area contributed by atoms with Crippen molar-refractivity contribution in [1.29, 1.82) is 0 Å². The van der Waals surface area contributed by atoms with Gasteiger partial charge < -0.3 is 0 Å². The van der Waals surface area contributed by atoms with Gasteiger partial charge in [-0.2, -0.15) is 11.8 Å². The first-order chi connectivity index (χ1) is 7.25. The molecule has 1 aromatic rings. The highest BCUT2D eigenvalue weighted by Gasteiger charge is 2.19. The molecule has 1 unspecified atom stereocenters. The van der Waals surface area contributed by atoms with Crippen molar-refractivity contribution in [3.63, 3.8) is 0 Å². The molecule has 0 saturated carbocycles. The molecule has 1 heterocycles. The number of halogens is 1. The Hall–Kier alpha value is 0.01000. The van der Waals surface area contributed by atoms with Gasteiger partial charge in [-0.15, -0.1) is 0 Å². The third-order valence-electron chi connectivity index (χ3n) is 2.85. The van der Waals surface area contributed by atoms with E-state index in [1.807, 2.05) is 0 Å². The zero-order valence-corrected chi connectivity index (χ0v) is 11.4. The van der Waals surface area contributed by atoms with Crippen LogP contribution in [0.15, 0.2) is 28.7 Å². The van der Waals surface area contributed by atoms with Gasteiger partial charge in [-0.3, -0.25) is 4.90 Å². The molecule has 82 valence electrons. The summed E-state index contributed by atoms with van der Waals surface area (Å²) < 4.78 is 1.18. The molecule has 0 spiro atoms. The highest BCUT2D eigenvalue weighted by molar-refractivity contribution is 9.10. The second-order valence-corrected chi connectivity index (χ2v) is 6.13. The molecular weight excluding hydrogens is 270 g/mol. The van der Waals surface area contributed by atoms with Crippen LogP contribution < -0.4 is 0 Å². The van der Waals surface area contributed by atoms with Crippen molar-refractivity contribution in [3.8, 4) is 0 Å². The predicted molar refractivity (Wildman–Crippen MR) is 71.3 cm³/mol. The third kappa shape index (κ3) is 3.23. The highest BCUT2D eigenvalue weighted by Crippen LogP contribution is 2.23. The molecule has 1 atom stereocenters. The van der Waals surface area contributed by atoms with E-state index in [2.05, 4.69) is 63.9 Å². The predicted octanol–water partition coefficient (Wildman–Crippen LogP) is 3.39. The van der Waals surface area contributed by atoms with Crippen LogP contribution in [-0.2, 0) is 6.54 Å². The van der Waals surface area contributed by atoms with Gasteiger partial charge >= 0.3 is 0 Å². The standard InChI is InChI=1S/C12H16BrNS/c1-14(12-5-6-15-9-12)8-10-3-2-4-11(13)7-10/h2-4,7,12H,5-6,8-9H2,1H3. The summed E-state index contributed by atoms with van der Waals surface area (Å²) in [7, 11) is 2.23. The number of hydrogen-bond donors (Lipinski definition) is 0. The van der Waals surface area contributed by atoms with Gasteiger partial charge in [-0.05, 0) is 36.9 Å². The SMILES string of the molecule is CN(Cc1cccc(Br)c1)C1CCSC1. The van der Waals surface area contributed by atoms with Gasteiger partial charge in [-0.1, -0.05) is 28.1 Å². The van der Waals surface area contributed by atoms with Gasteiger partial charge in [0.05, 0.1) is 0 Å². The molecule has 0 aromatic heterocycles. The van der Waals surface area contributed by atoms with Crippen molar-refractivity contribution >= 4 is 27.7 Å². The fraction of sp³-hybridized carbons (Fsp3) is 0.500. The van der Waals surface area contributed by atoms with Crippen LogP contribution in [-0.4, -0.2) is 29.5 Å². The number of nitrogens with zero attached hydrogens (tertiary/aromatic N) is 1. The molecular formula is C12H16BrNS. The van der Waals surface area contributed by atoms with Crippen LogP contribution in [0.25, 0.3) is 0 Å². The second-order valence-electron chi connectivity index (χ2n) is 4.06. The number of rotatable bonds is 3. The van der Waals surface area contributed by atoms with Gasteiger partial charge in [0, 0.05) is 22.8 Å². The quantitative estimate of drug-likeness (QED) is 0.838. The smallest absolute Gasteiger partial charge is 0.0234 e. The largest absolute Gasteiger partial charge is 0.298 e. The summed E-state index contributed by atoms with van der Waals surface area (Å²) in [6, 6.07) is 9.36. The van der Waals surface area contributed by atoms with Gasteiger partial charge in [0.2, 0.25) is 0 Å². The molecule has 0 bridgehead atoms. The summed E-state index contributed by atoms with van der Waals surface area (Å²) in [6.45, 7) is 1.06. The Balaban J connectivity index is 1.95. The third-order valence-corrected chi connectivity index (χ3v) is 4.49. The van der Waals surface area contributed by atoms with Gasteiger partial charge in [0.1, 0.15) is 0 Å². The molecule has 1 saturated heterocycles. The fourth-order valence-corrected chi connectivity index (χ4v) is 3.67. The number of benzene rings is 1. The van der Waals surface area contributed by atoms with E-state index in [1.165, 1.54) is 28.0 Å². The molecule has 1 aromatic carbocycles. The van der Waals surface area contributed by atoms with Crippen molar-refractivity contribution in [2.75, 3.05) is 18.6 Å². The molecule has 1 aliphatic rings. The molecule has 0 N–H and O–H groups in total. The summed E-state index contributed by atoms with van der Waals surface area (Å²) in [5, 5.41) is 0. The maximum atomic E-state index is 3.51. The average molecular weight is 286 g/mol. The molecule has 3 heteroatoms. The minimum absolute atomic E-state index is 0.772. The van der Waals surface area contributed by atoms with Crippen LogP contribution in [0.2, 0.25) is 0 Å². The van der Waals surface area contributed by atoms with E-state index >= 15 is 0 Å². The van der Waals surface area contributed by atoms with Crippen LogP contribution in [0.1, 0.15) is 12.0 Å². The zero-order valence-electron chi connectivity index (χ0n) is 8.95. The van der Waals surface area contributed by atoms with Gasteiger partial charge in [-0.25, -0.2) is 0 Å². The topological polar surface area (TPSA) is 3.24 Å². The first-order valence-electron chi connectivity index (χ1n) is 5.28. The maximum absolute atomic E-state index is 3.51. The Morgan fingerprint density at radius 1 is 1.53 bits per heavy atom. The molecule has 0 radical (unpaired) electrons. The van der Waals surface area contributed by atoms with Crippen LogP contribution >= 0.6 is 27.7 Å². The molecule has 1 fully saturated rings. The Morgan fingerprint density at radius 2 is 2.40 bits per heavy atom. The Labute approximate surface area is 104 Å². The highest BCUT2D eigenvalue weighted by atomic mass is 79.9. The van der Waals surface area contributed by atoms with Crippen molar-refractivity contribution in [2.45, 2.75) is 19.0 Å². The van der Waals surface area contributed by atoms with E-state index in [0.717, 1.165) is 12.6 Å². The molecule has 0 amide bonds. The lowest BCUT2D eigenvalue weighted by atomic mass is 10.2. The summed E-state index contributed by atoms with van der Waals surface area (Å²) in [5.41, 5.74) is 1.39. The second kappa shape index (κ2) is 5.37. The lowest BCUT2D eigenvalue weighted by molar-refractivity contribution is 0.254. The molecule has 2 rings (SSSR count). The van der Waals surface area contributed by atoms with Crippen molar-refractivity contribution in [2.24, 2.45) is 0 Å². The summed E-state index contributed by atoms with van der Waals surface area (Å²) in [5.74, 6) is 2.62.